The molecule has 1 rings (SSSR count). The van der Waals surface area contributed by atoms with Crippen molar-refractivity contribution in [3.8, 4) is 5.75 Å². The maximum Gasteiger partial charge on any atom is 0.320 e. The summed E-state index contributed by atoms with van der Waals surface area (Å²) in [6.07, 6.45) is 0.591. The van der Waals surface area contributed by atoms with Crippen molar-refractivity contribution in [2.45, 2.75) is 46.1 Å². The largest absolute Gasteiger partial charge is 0.492 e. The molecule has 0 amide bonds. The van der Waals surface area contributed by atoms with Gasteiger partial charge < -0.3 is 9.84 Å². The van der Waals surface area contributed by atoms with Gasteiger partial charge in [-0.05, 0) is 49.6 Å². The van der Waals surface area contributed by atoms with Crippen LogP contribution >= 0.6 is 0 Å². The van der Waals surface area contributed by atoms with Crippen LogP contribution in [0.4, 0.5) is 0 Å². The van der Waals surface area contributed by atoms with Crippen LogP contribution in [0.1, 0.15) is 44.2 Å². The summed E-state index contributed by atoms with van der Waals surface area (Å²) >= 11 is 0. The van der Waals surface area contributed by atoms with Crippen molar-refractivity contribution in [2.75, 3.05) is 20.2 Å². The molecule has 4 heteroatoms. The van der Waals surface area contributed by atoms with Gasteiger partial charge in [-0.15, -0.1) is 0 Å². The minimum absolute atomic E-state index is 0.446. The molecule has 0 bridgehead atoms. The summed E-state index contributed by atoms with van der Waals surface area (Å²) in [4.78, 5) is 12.9. The fraction of sp³-hybridized carbons (Fsp3) is 0.588. The maximum absolute atomic E-state index is 11.1. The Morgan fingerprint density at radius 3 is 2.52 bits per heavy atom. The van der Waals surface area contributed by atoms with Gasteiger partial charge in [-0.3, -0.25) is 9.69 Å². The number of carbonyl (C=O) groups is 1. The fourth-order valence-electron chi connectivity index (χ4n) is 2.52. The van der Waals surface area contributed by atoms with Gasteiger partial charge in [0.05, 0.1) is 0 Å². The Morgan fingerprint density at radius 1 is 1.38 bits per heavy atom. The van der Waals surface area contributed by atoms with Gasteiger partial charge in [0.1, 0.15) is 18.4 Å². The maximum atomic E-state index is 11.1. The molecule has 0 spiro atoms. The predicted molar refractivity (Wildman–Crippen MR) is 85.1 cm³/mol. The highest BCUT2D eigenvalue weighted by Gasteiger charge is 2.19. The molecule has 0 saturated carbocycles. The van der Waals surface area contributed by atoms with Crippen molar-refractivity contribution in [1.29, 1.82) is 0 Å². The quantitative estimate of drug-likeness (QED) is 0.799. The summed E-state index contributed by atoms with van der Waals surface area (Å²) in [5, 5.41) is 9.10. The average Bonchev–Trinajstić information content (AvgIpc) is 2.38. The molecule has 0 aliphatic rings. The lowest BCUT2D eigenvalue weighted by atomic mass is 9.98. The lowest BCUT2D eigenvalue weighted by molar-refractivity contribution is -0.143. The van der Waals surface area contributed by atoms with E-state index in [-0.39, 0.29) is 0 Å². The lowest BCUT2D eigenvalue weighted by Gasteiger charge is -2.23. The molecule has 21 heavy (non-hydrogen) atoms. The number of carboxylic acid groups (broad SMARTS) is 1. The van der Waals surface area contributed by atoms with E-state index in [4.69, 9.17) is 9.84 Å². The van der Waals surface area contributed by atoms with Gasteiger partial charge in [0, 0.05) is 6.54 Å². The van der Waals surface area contributed by atoms with Gasteiger partial charge >= 0.3 is 5.97 Å². The molecule has 0 heterocycles. The molecule has 0 saturated heterocycles. The Balaban J connectivity index is 2.53. The van der Waals surface area contributed by atoms with Crippen molar-refractivity contribution in [3.05, 3.63) is 29.3 Å². The topological polar surface area (TPSA) is 49.8 Å². The van der Waals surface area contributed by atoms with E-state index in [1.165, 1.54) is 11.1 Å². The third-order valence-corrected chi connectivity index (χ3v) is 3.78. The van der Waals surface area contributed by atoms with Crippen LogP contribution in [-0.2, 0) is 4.79 Å². The number of benzene rings is 1. The number of aryl methyl sites for hydroxylation is 1. The first-order valence-electron chi connectivity index (χ1n) is 7.53. The number of carboxylic acids is 1. The number of ether oxygens (including phenoxy) is 1. The Hall–Kier alpha value is -1.55. The number of hydrogen-bond acceptors (Lipinski definition) is 3. The first-order chi connectivity index (χ1) is 9.86. The Bertz CT molecular complexity index is 471. The molecule has 118 valence electrons. The van der Waals surface area contributed by atoms with E-state index in [1.807, 2.05) is 31.0 Å². The smallest absolute Gasteiger partial charge is 0.320 e. The molecular weight excluding hydrogens is 266 g/mol. The zero-order valence-electron chi connectivity index (χ0n) is 13.7. The zero-order valence-corrected chi connectivity index (χ0v) is 13.7. The number of likely N-dealkylation sites (N-methyl/N-ethyl adjacent to an activating group) is 1. The third-order valence-electron chi connectivity index (χ3n) is 3.78. The van der Waals surface area contributed by atoms with Gasteiger partial charge in [0.15, 0.2) is 0 Å². The first-order valence-corrected chi connectivity index (χ1v) is 7.53. The molecule has 0 radical (unpaired) electrons. The molecule has 1 unspecified atom stereocenters. The van der Waals surface area contributed by atoms with Crippen LogP contribution in [0.3, 0.4) is 0 Å². The number of rotatable bonds is 8. The molecule has 1 atom stereocenters. The Kier molecular flexibility index (Phi) is 6.69. The van der Waals surface area contributed by atoms with E-state index >= 15 is 0 Å². The molecule has 1 aromatic carbocycles. The third kappa shape index (κ3) is 5.05. The molecule has 0 aromatic heterocycles. The van der Waals surface area contributed by atoms with Crippen LogP contribution in [-0.4, -0.2) is 42.2 Å². The second-order valence-corrected chi connectivity index (χ2v) is 5.76. The highest BCUT2D eigenvalue weighted by atomic mass is 16.5. The van der Waals surface area contributed by atoms with Gasteiger partial charge in [-0.1, -0.05) is 26.8 Å². The van der Waals surface area contributed by atoms with E-state index < -0.39 is 12.0 Å². The first kappa shape index (κ1) is 17.5. The van der Waals surface area contributed by atoms with Crippen molar-refractivity contribution >= 4 is 5.97 Å². The SMILES string of the molecule is CCC(C(=O)O)N(C)CCOc1ccc(C(C)C)c(C)c1. The normalized spacial score (nSPS) is 12.7. The number of nitrogens with zero attached hydrogens (tertiary/aromatic N) is 1. The van der Waals surface area contributed by atoms with Crippen molar-refractivity contribution in [1.82, 2.24) is 4.90 Å². The summed E-state index contributed by atoms with van der Waals surface area (Å²) in [7, 11) is 1.82. The van der Waals surface area contributed by atoms with E-state index in [1.54, 1.807) is 0 Å². The summed E-state index contributed by atoms with van der Waals surface area (Å²) < 4.78 is 5.73. The Morgan fingerprint density at radius 2 is 2.05 bits per heavy atom. The van der Waals surface area contributed by atoms with Gasteiger partial charge in [-0.25, -0.2) is 0 Å². The zero-order chi connectivity index (χ0) is 16.0. The number of aliphatic carboxylic acids is 1. The molecule has 0 fully saturated rings. The fourth-order valence-corrected chi connectivity index (χ4v) is 2.52. The van der Waals surface area contributed by atoms with E-state index in [0.29, 0.717) is 25.5 Å². The highest BCUT2D eigenvalue weighted by Crippen LogP contribution is 2.23. The number of hydrogen-bond donors (Lipinski definition) is 1. The monoisotopic (exact) mass is 293 g/mol. The highest BCUT2D eigenvalue weighted by molar-refractivity contribution is 5.73. The predicted octanol–water partition coefficient (Wildman–Crippen LogP) is 3.29. The lowest BCUT2D eigenvalue weighted by Crippen LogP contribution is -2.40. The summed E-state index contributed by atoms with van der Waals surface area (Å²) in [6, 6.07) is 5.69. The molecule has 0 aliphatic heterocycles. The summed E-state index contributed by atoms with van der Waals surface area (Å²) in [5.41, 5.74) is 2.56. The van der Waals surface area contributed by atoms with Crippen molar-refractivity contribution in [2.24, 2.45) is 0 Å². The molecular formula is C17H27NO3. The Labute approximate surface area is 127 Å². The van der Waals surface area contributed by atoms with Gasteiger partial charge in [0.25, 0.3) is 0 Å². The van der Waals surface area contributed by atoms with Crippen LogP contribution in [0.5, 0.6) is 5.75 Å². The standard InChI is InChI=1S/C17H27NO3/c1-6-16(17(19)20)18(5)9-10-21-14-7-8-15(12(2)3)13(4)11-14/h7-8,11-12,16H,6,9-10H2,1-5H3,(H,19,20). The van der Waals surface area contributed by atoms with Gasteiger partial charge in [-0.2, -0.15) is 0 Å². The van der Waals surface area contributed by atoms with E-state index in [2.05, 4.69) is 26.8 Å². The second kappa shape index (κ2) is 8.03. The molecule has 1 aromatic rings. The molecule has 0 aliphatic carbocycles. The summed E-state index contributed by atoms with van der Waals surface area (Å²) in [6.45, 7) is 9.40. The van der Waals surface area contributed by atoms with Crippen LogP contribution < -0.4 is 4.74 Å². The van der Waals surface area contributed by atoms with Gasteiger partial charge in [0.2, 0.25) is 0 Å². The summed E-state index contributed by atoms with van der Waals surface area (Å²) in [5.74, 6) is 0.567. The van der Waals surface area contributed by atoms with Crippen LogP contribution in [0, 0.1) is 6.92 Å². The minimum atomic E-state index is -0.780. The van der Waals surface area contributed by atoms with Crippen LogP contribution in [0.2, 0.25) is 0 Å². The second-order valence-electron chi connectivity index (χ2n) is 5.76. The molecule has 1 N–H and O–H groups in total. The van der Waals surface area contributed by atoms with Crippen LogP contribution in [0.25, 0.3) is 0 Å². The van der Waals surface area contributed by atoms with Crippen molar-refractivity contribution in [3.63, 3.8) is 0 Å². The molecule has 4 nitrogen and oxygen atoms in total. The van der Waals surface area contributed by atoms with E-state index in [0.717, 1.165) is 5.75 Å². The average molecular weight is 293 g/mol. The minimum Gasteiger partial charge on any atom is -0.492 e. The van der Waals surface area contributed by atoms with Crippen LogP contribution in [0.15, 0.2) is 18.2 Å². The van der Waals surface area contributed by atoms with E-state index in [9.17, 15) is 4.79 Å². The van der Waals surface area contributed by atoms with Crippen molar-refractivity contribution < 1.29 is 14.6 Å².